The molecule has 1 amide bonds. The molecule has 0 bridgehead atoms. The number of hydrogen-bond donors (Lipinski definition) is 2. The summed E-state index contributed by atoms with van der Waals surface area (Å²) >= 11 is 7.02. The molecular formula is C22H15ClF3N5OS. The minimum absolute atomic E-state index is 0.294. The Hall–Kier alpha value is -3.50. The lowest BCUT2D eigenvalue weighted by molar-refractivity contribution is -0.137. The number of nitrogens with one attached hydrogen (secondary N) is 2. The van der Waals surface area contributed by atoms with Crippen LogP contribution in [0.5, 0.6) is 0 Å². The topological polar surface area (TPSA) is 79.8 Å². The van der Waals surface area contributed by atoms with Crippen molar-refractivity contribution in [1.82, 2.24) is 15.0 Å². The van der Waals surface area contributed by atoms with Crippen molar-refractivity contribution in [3.63, 3.8) is 0 Å². The van der Waals surface area contributed by atoms with E-state index in [1.165, 1.54) is 23.7 Å². The van der Waals surface area contributed by atoms with E-state index >= 15 is 0 Å². The fraction of sp³-hybridized carbons (Fsp3) is 0.0909. The smallest absolute Gasteiger partial charge is 0.340 e. The van der Waals surface area contributed by atoms with E-state index in [1.54, 1.807) is 43.3 Å². The summed E-state index contributed by atoms with van der Waals surface area (Å²) in [5.41, 5.74) is 1.05. The molecule has 11 heteroatoms. The Morgan fingerprint density at radius 3 is 2.52 bits per heavy atom. The van der Waals surface area contributed by atoms with Crippen LogP contribution >= 0.6 is 22.9 Å². The average molecular weight is 490 g/mol. The van der Waals surface area contributed by atoms with Crippen LogP contribution in [0.25, 0.3) is 11.3 Å². The van der Waals surface area contributed by atoms with E-state index in [2.05, 4.69) is 25.6 Å². The number of carbonyl (C=O) groups excluding carboxylic acids is 1. The third-order valence-corrected chi connectivity index (χ3v) is 5.63. The third kappa shape index (κ3) is 5.47. The number of aryl methyl sites for hydroxylation is 1. The molecule has 0 saturated heterocycles. The number of aromatic nitrogens is 3. The minimum Gasteiger partial charge on any atom is -0.340 e. The monoisotopic (exact) mass is 489 g/mol. The quantitative estimate of drug-likeness (QED) is 0.310. The zero-order chi connectivity index (χ0) is 23.6. The van der Waals surface area contributed by atoms with Crippen LogP contribution in [0.3, 0.4) is 0 Å². The fourth-order valence-electron chi connectivity index (χ4n) is 2.98. The number of halogens is 4. The normalized spacial score (nSPS) is 11.3. The highest BCUT2D eigenvalue weighted by Crippen LogP contribution is 2.35. The van der Waals surface area contributed by atoms with E-state index < -0.39 is 17.6 Å². The molecule has 2 aromatic heterocycles. The van der Waals surface area contributed by atoms with E-state index in [9.17, 15) is 18.0 Å². The molecule has 6 nitrogen and oxygen atoms in total. The summed E-state index contributed by atoms with van der Waals surface area (Å²) < 4.78 is 39.1. The second-order valence-electron chi connectivity index (χ2n) is 6.88. The summed E-state index contributed by atoms with van der Waals surface area (Å²) in [6.07, 6.45) is -3.12. The Kier molecular flexibility index (Phi) is 6.30. The molecule has 0 aliphatic heterocycles. The number of rotatable bonds is 5. The molecule has 168 valence electrons. The Labute approximate surface area is 195 Å². The molecule has 0 aliphatic rings. The number of amides is 1. The molecule has 0 saturated carbocycles. The van der Waals surface area contributed by atoms with Crippen molar-refractivity contribution >= 4 is 45.5 Å². The first-order valence-electron chi connectivity index (χ1n) is 9.50. The maximum atomic E-state index is 13.0. The first kappa shape index (κ1) is 22.7. The standard InChI is InChI=1S/C22H15ClF3N5OS/c1-12-19(14-3-2-4-15(9-14)22(24,25)26)30-21(33-12)31-20(32)13-5-7-16(8-6-13)29-18-10-17(23)27-11-28-18/h2-11H,1H3,(H,27,28,29)(H,30,31,32). The summed E-state index contributed by atoms with van der Waals surface area (Å²) in [7, 11) is 0. The van der Waals surface area contributed by atoms with Gasteiger partial charge in [-0.2, -0.15) is 13.2 Å². The summed E-state index contributed by atoms with van der Waals surface area (Å²) in [4.78, 5) is 25.5. The van der Waals surface area contributed by atoms with Crippen LogP contribution in [0.2, 0.25) is 5.15 Å². The number of nitrogens with zero attached hydrogens (tertiary/aromatic N) is 3. The predicted octanol–water partition coefficient (Wildman–Crippen LogP) is 6.58. The number of thiazole rings is 1. The summed E-state index contributed by atoms with van der Waals surface area (Å²) in [6, 6.07) is 13.1. The highest BCUT2D eigenvalue weighted by Gasteiger charge is 2.30. The lowest BCUT2D eigenvalue weighted by Gasteiger charge is -2.08. The number of hydrogen-bond acceptors (Lipinski definition) is 6. The molecule has 2 aromatic carbocycles. The minimum atomic E-state index is -4.45. The SMILES string of the molecule is Cc1sc(NC(=O)c2ccc(Nc3cc(Cl)ncn3)cc2)nc1-c1cccc(C(F)(F)F)c1. The molecule has 4 rings (SSSR count). The van der Waals surface area contributed by atoms with Crippen molar-refractivity contribution in [3.8, 4) is 11.3 Å². The van der Waals surface area contributed by atoms with Gasteiger partial charge < -0.3 is 5.32 Å². The van der Waals surface area contributed by atoms with Gasteiger partial charge in [0.2, 0.25) is 0 Å². The van der Waals surface area contributed by atoms with E-state index in [1.807, 2.05) is 0 Å². The molecule has 0 aliphatic carbocycles. The van der Waals surface area contributed by atoms with Crippen LogP contribution in [0, 0.1) is 6.92 Å². The molecule has 4 aromatic rings. The second kappa shape index (κ2) is 9.16. The highest BCUT2D eigenvalue weighted by atomic mass is 35.5. The average Bonchev–Trinajstić information content (AvgIpc) is 3.13. The molecule has 0 fully saturated rings. The number of anilines is 3. The zero-order valence-corrected chi connectivity index (χ0v) is 18.5. The number of carbonyl (C=O) groups is 1. The summed E-state index contributed by atoms with van der Waals surface area (Å²) in [5, 5.41) is 6.34. The zero-order valence-electron chi connectivity index (χ0n) is 16.9. The van der Waals surface area contributed by atoms with Gasteiger partial charge in [0.25, 0.3) is 5.91 Å². The second-order valence-corrected chi connectivity index (χ2v) is 8.48. The largest absolute Gasteiger partial charge is 0.416 e. The molecule has 2 N–H and O–H groups in total. The van der Waals surface area contributed by atoms with E-state index in [-0.39, 0.29) is 0 Å². The van der Waals surface area contributed by atoms with Gasteiger partial charge in [-0.25, -0.2) is 15.0 Å². The van der Waals surface area contributed by atoms with Gasteiger partial charge in [0.15, 0.2) is 5.13 Å². The molecule has 0 atom stereocenters. The summed E-state index contributed by atoms with van der Waals surface area (Å²) in [5.74, 6) is 0.114. The maximum Gasteiger partial charge on any atom is 0.416 e. The Bertz CT molecular complexity index is 1310. The van der Waals surface area contributed by atoms with Crippen LogP contribution in [-0.4, -0.2) is 20.9 Å². The first-order chi connectivity index (χ1) is 15.7. The molecule has 0 unspecified atom stereocenters. The van der Waals surface area contributed by atoms with Gasteiger partial charge in [0.1, 0.15) is 17.3 Å². The van der Waals surface area contributed by atoms with E-state index in [0.717, 1.165) is 12.1 Å². The third-order valence-electron chi connectivity index (χ3n) is 4.53. The highest BCUT2D eigenvalue weighted by molar-refractivity contribution is 7.16. The molecule has 33 heavy (non-hydrogen) atoms. The van der Waals surface area contributed by atoms with Gasteiger partial charge in [-0.1, -0.05) is 23.7 Å². The van der Waals surface area contributed by atoms with Gasteiger partial charge in [0, 0.05) is 27.8 Å². The van der Waals surface area contributed by atoms with Gasteiger partial charge in [-0.05, 0) is 43.3 Å². The van der Waals surface area contributed by atoms with Crippen molar-refractivity contribution in [1.29, 1.82) is 0 Å². The Balaban J connectivity index is 1.47. The van der Waals surface area contributed by atoms with Crippen molar-refractivity contribution in [2.45, 2.75) is 13.1 Å². The Morgan fingerprint density at radius 2 is 1.82 bits per heavy atom. The molecule has 0 spiro atoms. The predicted molar refractivity (Wildman–Crippen MR) is 122 cm³/mol. The number of alkyl halides is 3. The van der Waals surface area contributed by atoms with E-state index in [0.29, 0.717) is 43.5 Å². The lowest BCUT2D eigenvalue weighted by atomic mass is 10.1. The van der Waals surface area contributed by atoms with Crippen LogP contribution in [-0.2, 0) is 6.18 Å². The first-order valence-corrected chi connectivity index (χ1v) is 10.7. The van der Waals surface area contributed by atoms with Gasteiger partial charge in [0.05, 0.1) is 11.3 Å². The lowest BCUT2D eigenvalue weighted by Crippen LogP contribution is -2.11. The molecule has 2 heterocycles. The van der Waals surface area contributed by atoms with Crippen molar-refractivity contribution in [3.05, 3.63) is 82.1 Å². The summed E-state index contributed by atoms with van der Waals surface area (Å²) in [6.45, 7) is 1.74. The van der Waals surface area contributed by atoms with Gasteiger partial charge >= 0.3 is 6.18 Å². The Morgan fingerprint density at radius 1 is 1.06 bits per heavy atom. The van der Waals surface area contributed by atoms with Gasteiger partial charge in [-0.15, -0.1) is 11.3 Å². The maximum absolute atomic E-state index is 13.0. The van der Waals surface area contributed by atoms with E-state index in [4.69, 9.17) is 11.6 Å². The van der Waals surface area contributed by atoms with Crippen molar-refractivity contribution < 1.29 is 18.0 Å². The molecular weight excluding hydrogens is 475 g/mol. The van der Waals surface area contributed by atoms with Crippen molar-refractivity contribution in [2.75, 3.05) is 10.6 Å². The van der Waals surface area contributed by atoms with Crippen LogP contribution < -0.4 is 10.6 Å². The van der Waals surface area contributed by atoms with Crippen LogP contribution in [0.15, 0.2) is 60.9 Å². The molecule has 0 radical (unpaired) electrons. The van der Waals surface area contributed by atoms with Crippen LogP contribution in [0.4, 0.5) is 29.8 Å². The van der Waals surface area contributed by atoms with Gasteiger partial charge in [-0.3, -0.25) is 10.1 Å². The van der Waals surface area contributed by atoms with Crippen LogP contribution in [0.1, 0.15) is 20.8 Å². The fourth-order valence-corrected chi connectivity index (χ4v) is 3.96. The van der Waals surface area contributed by atoms with Crippen molar-refractivity contribution in [2.24, 2.45) is 0 Å². The number of benzene rings is 2.